The number of nitrogens with one attached hydrogen (secondary N) is 1. The molecule has 0 aliphatic carbocycles. The van der Waals surface area contributed by atoms with Crippen molar-refractivity contribution in [2.45, 2.75) is 30.8 Å². The number of para-hydroxylation sites is 1. The first-order chi connectivity index (χ1) is 23.7. The van der Waals surface area contributed by atoms with Gasteiger partial charge in [-0.3, -0.25) is 13.9 Å². The summed E-state index contributed by atoms with van der Waals surface area (Å²) in [4.78, 5) is 29.6. The summed E-state index contributed by atoms with van der Waals surface area (Å²) in [7, 11) is -4.25. The summed E-state index contributed by atoms with van der Waals surface area (Å²) in [6, 6.07) is 36.8. The fourth-order valence-electron chi connectivity index (χ4n) is 5.23. The Hall–Kier alpha value is -4.83. The van der Waals surface area contributed by atoms with Crippen molar-refractivity contribution in [3.8, 4) is 11.5 Å². The van der Waals surface area contributed by atoms with Gasteiger partial charge in [0.25, 0.3) is 10.0 Å². The molecule has 0 fully saturated rings. The van der Waals surface area contributed by atoms with Crippen LogP contribution in [0, 0.1) is 0 Å². The average molecular weight is 717 g/mol. The first-order valence-corrected chi connectivity index (χ1v) is 17.8. The summed E-state index contributed by atoms with van der Waals surface area (Å²) in [6.45, 7) is 1.50. The molecule has 0 aromatic heterocycles. The van der Waals surface area contributed by atoms with E-state index in [4.69, 9.17) is 27.9 Å². The molecular weight excluding hydrogens is 681 g/mol. The van der Waals surface area contributed by atoms with E-state index in [9.17, 15) is 18.0 Å². The molecule has 0 heterocycles. The minimum Gasteiger partial charge on any atom is -0.457 e. The van der Waals surface area contributed by atoms with E-state index >= 15 is 0 Å². The Labute approximate surface area is 296 Å². The van der Waals surface area contributed by atoms with Crippen LogP contribution in [0.2, 0.25) is 10.0 Å². The summed E-state index contributed by atoms with van der Waals surface area (Å²) in [6.07, 6.45) is 0.191. The number of nitrogens with zero attached hydrogens (tertiary/aromatic N) is 2. The Kier molecular flexibility index (Phi) is 12.0. The van der Waals surface area contributed by atoms with Gasteiger partial charge in [-0.2, -0.15) is 0 Å². The lowest BCUT2D eigenvalue weighted by Crippen LogP contribution is -2.53. The molecule has 5 rings (SSSR count). The van der Waals surface area contributed by atoms with Gasteiger partial charge >= 0.3 is 0 Å². The summed E-state index contributed by atoms with van der Waals surface area (Å²) >= 11 is 12.5. The van der Waals surface area contributed by atoms with Crippen LogP contribution in [0.25, 0.3) is 0 Å². The molecule has 0 aliphatic rings. The second-order valence-electron chi connectivity index (χ2n) is 11.1. The first kappa shape index (κ1) is 35.5. The summed E-state index contributed by atoms with van der Waals surface area (Å²) in [5.74, 6) is 0.132. The molecule has 0 unspecified atom stereocenters. The minimum absolute atomic E-state index is 0.00741. The lowest BCUT2D eigenvalue weighted by Gasteiger charge is -2.34. The highest BCUT2D eigenvalue weighted by Gasteiger charge is 2.34. The third-order valence-electron chi connectivity index (χ3n) is 7.67. The molecule has 1 N–H and O–H groups in total. The molecule has 5 aromatic carbocycles. The fraction of sp³-hybridized carbons (Fsp3) is 0.158. The van der Waals surface area contributed by atoms with Gasteiger partial charge in [-0.25, -0.2) is 8.42 Å². The van der Waals surface area contributed by atoms with Crippen molar-refractivity contribution in [2.24, 2.45) is 0 Å². The van der Waals surface area contributed by atoms with Gasteiger partial charge in [0.15, 0.2) is 0 Å². The number of ether oxygens (including phenoxy) is 1. The Morgan fingerprint density at radius 2 is 1.33 bits per heavy atom. The molecule has 5 aromatic rings. The molecular formula is C38H35Cl2N3O5S. The maximum Gasteiger partial charge on any atom is 0.264 e. The largest absolute Gasteiger partial charge is 0.457 e. The van der Waals surface area contributed by atoms with Gasteiger partial charge in [0.1, 0.15) is 24.1 Å². The SMILES string of the molecule is CCNC(=O)[C@@H](Cc1ccccc1)N(Cc1ccc(Cl)c(Cl)c1)C(=O)CN(c1ccc(Oc2ccccc2)cc1)S(=O)(=O)c1ccccc1. The van der Waals surface area contributed by atoms with Crippen molar-refractivity contribution >= 4 is 50.7 Å². The van der Waals surface area contributed by atoms with Crippen LogP contribution < -0.4 is 14.4 Å². The standard InChI is InChI=1S/C38H35Cl2N3O5S/c1-2-41-38(45)36(25-28-12-6-3-7-13-28)42(26-29-18-23-34(39)35(40)24-29)37(44)27-43(49(46,47)33-16-10-5-11-17-33)30-19-21-32(22-20-30)48-31-14-8-4-9-15-31/h3-24,36H,2,25-27H2,1H3,(H,41,45)/t36-/m1/s1. The van der Waals surface area contributed by atoms with E-state index in [0.717, 1.165) is 9.87 Å². The third kappa shape index (κ3) is 9.20. The number of anilines is 1. The maximum atomic E-state index is 14.6. The fourth-order valence-corrected chi connectivity index (χ4v) is 6.99. The van der Waals surface area contributed by atoms with Gasteiger partial charge in [0, 0.05) is 19.5 Å². The maximum absolute atomic E-state index is 14.6. The third-order valence-corrected chi connectivity index (χ3v) is 10.2. The summed E-state index contributed by atoms with van der Waals surface area (Å²) in [5.41, 5.74) is 1.68. The van der Waals surface area contributed by atoms with E-state index in [0.29, 0.717) is 28.6 Å². The van der Waals surface area contributed by atoms with Crippen LogP contribution in [0.15, 0.2) is 138 Å². The number of benzene rings is 5. The van der Waals surface area contributed by atoms with Crippen LogP contribution in [0.5, 0.6) is 11.5 Å². The molecule has 1 atom stereocenters. The quantitative estimate of drug-likeness (QED) is 0.127. The number of sulfonamides is 1. The number of carbonyl (C=O) groups is 2. The summed E-state index contributed by atoms with van der Waals surface area (Å²) < 4.78 is 35.4. The number of hydrogen-bond donors (Lipinski definition) is 1. The Morgan fingerprint density at radius 3 is 1.94 bits per heavy atom. The molecule has 0 spiro atoms. The van der Waals surface area contributed by atoms with E-state index < -0.39 is 28.5 Å². The molecule has 252 valence electrons. The first-order valence-electron chi connectivity index (χ1n) is 15.6. The van der Waals surface area contributed by atoms with Gasteiger partial charge in [-0.1, -0.05) is 96.0 Å². The Balaban J connectivity index is 1.55. The molecule has 0 saturated heterocycles. The second-order valence-corrected chi connectivity index (χ2v) is 13.8. The topological polar surface area (TPSA) is 96.0 Å². The lowest BCUT2D eigenvalue weighted by molar-refractivity contribution is -0.140. The number of amides is 2. The number of rotatable bonds is 14. The van der Waals surface area contributed by atoms with Crippen LogP contribution in [-0.2, 0) is 32.6 Å². The van der Waals surface area contributed by atoms with E-state index in [-0.39, 0.29) is 34.5 Å². The predicted octanol–water partition coefficient (Wildman–Crippen LogP) is 7.76. The van der Waals surface area contributed by atoms with Gasteiger partial charge in [0.05, 0.1) is 20.6 Å². The Morgan fingerprint density at radius 1 is 0.735 bits per heavy atom. The Bertz CT molecular complexity index is 1960. The summed E-state index contributed by atoms with van der Waals surface area (Å²) in [5, 5.41) is 3.48. The molecule has 0 bridgehead atoms. The van der Waals surface area contributed by atoms with Crippen molar-refractivity contribution < 1.29 is 22.7 Å². The highest BCUT2D eigenvalue weighted by molar-refractivity contribution is 7.92. The van der Waals surface area contributed by atoms with E-state index in [1.54, 1.807) is 67.6 Å². The van der Waals surface area contributed by atoms with Crippen LogP contribution in [0.3, 0.4) is 0 Å². The van der Waals surface area contributed by atoms with Gasteiger partial charge in [-0.15, -0.1) is 0 Å². The van der Waals surface area contributed by atoms with Crippen molar-refractivity contribution in [3.63, 3.8) is 0 Å². The number of carbonyl (C=O) groups excluding carboxylic acids is 2. The zero-order chi connectivity index (χ0) is 34.8. The molecule has 0 radical (unpaired) electrons. The lowest BCUT2D eigenvalue weighted by atomic mass is 10.0. The highest BCUT2D eigenvalue weighted by atomic mass is 35.5. The van der Waals surface area contributed by atoms with Crippen LogP contribution >= 0.6 is 23.2 Å². The smallest absolute Gasteiger partial charge is 0.264 e. The van der Waals surface area contributed by atoms with Gasteiger partial charge in [-0.05, 0) is 78.7 Å². The van der Waals surface area contributed by atoms with Crippen LogP contribution in [0.1, 0.15) is 18.1 Å². The molecule has 49 heavy (non-hydrogen) atoms. The number of hydrogen-bond acceptors (Lipinski definition) is 5. The predicted molar refractivity (Wildman–Crippen MR) is 194 cm³/mol. The molecule has 0 saturated carbocycles. The van der Waals surface area contributed by atoms with Gasteiger partial charge < -0.3 is 15.0 Å². The second kappa shape index (κ2) is 16.5. The van der Waals surface area contributed by atoms with E-state index in [1.807, 2.05) is 60.7 Å². The zero-order valence-corrected chi connectivity index (χ0v) is 29.0. The van der Waals surface area contributed by atoms with Crippen LogP contribution in [0.4, 0.5) is 5.69 Å². The van der Waals surface area contributed by atoms with Gasteiger partial charge in [0.2, 0.25) is 11.8 Å². The van der Waals surface area contributed by atoms with Crippen molar-refractivity contribution in [1.29, 1.82) is 0 Å². The number of likely N-dealkylation sites (N-methyl/N-ethyl adjacent to an activating group) is 1. The minimum atomic E-state index is -4.25. The van der Waals surface area contributed by atoms with Crippen molar-refractivity contribution in [2.75, 3.05) is 17.4 Å². The molecule has 11 heteroatoms. The van der Waals surface area contributed by atoms with Crippen molar-refractivity contribution in [1.82, 2.24) is 10.2 Å². The monoisotopic (exact) mass is 715 g/mol. The van der Waals surface area contributed by atoms with Crippen LogP contribution in [-0.4, -0.2) is 44.3 Å². The average Bonchev–Trinajstić information content (AvgIpc) is 3.12. The molecule has 2 amide bonds. The highest BCUT2D eigenvalue weighted by Crippen LogP contribution is 2.29. The number of halogens is 2. The molecule has 8 nitrogen and oxygen atoms in total. The van der Waals surface area contributed by atoms with E-state index in [2.05, 4.69) is 5.32 Å². The zero-order valence-electron chi connectivity index (χ0n) is 26.7. The normalized spacial score (nSPS) is 11.7. The van der Waals surface area contributed by atoms with Crippen molar-refractivity contribution in [3.05, 3.63) is 155 Å². The van der Waals surface area contributed by atoms with E-state index in [1.165, 1.54) is 17.0 Å². The molecule has 0 aliphatic heterocycles.